The molecule has 4 heteroatoms. The molecule has 1 N–H and O–H groups in total. The predicted molar refractivity (Wildman–Crippen MR) is 74.8 cm³/mol. The zero-order chi connectivity index (χ0) is 13.2. The maximum absolute atomic E-state index is 11.7. The van der Waals surface area contributed by atoms with Crippen LogP contribution in [-0.4, -0.2) is 22.2 Å². The smallest absolute Gasteiger partial charge is 0.221 e. The van der Waals surface area contributed by atoms with Gasteiger partial charge in [-0.1, -0.05) is 18.2 Å². The van der Waals surface area contributed by atoms with Crippen LogP contribution >= 0.6 is 0 Å². The van der Waals surface area contributed by atoms with Crippen molar-refractivity contribution in [2.45, 2.75) is 32.7 Å². The highest BCUT2D eigenvalue weighted by Crippen LogP contribution is 2.27. The van der Waals surface area contributed by atoms with Gasteiger partial charge in [0.15, 0.2) is 0 Å². The maximum Gasteiger partial charge on any atom is 0.221 e. The Hall–Kier alpha value is -1.84. The third kappa shape index (κ3) is 2.78. The van der Waals surface area contributed by atoms with E-state index in [2.05, 4.69) is 22.5 Å². The second-order valence-corrected chi connectivity index (χ2v) is 5.32. The van der Waals surface area contributed by atoms with E-state index in [4.69, 9.17) is 0 Å². The number of fused-ring (bicyclic) bond motifs is 1. The van der Waals surface area contributed by atoms with E-state index in [-0.39, 0.29) is 5.91 Å². The van der Waals surface area contributed by atoms with Gasteiger partial charge in [-0.2, -0.15) is 5.10 Å². The molecule has 19 heavy (non-hydrogen) atoms. The third-order valence-corrected chi connectivity index (χ3v) is 3.68. The number of amides is 1. The summed E-state index contributed by atoms with van der Waals surface area (Å²) < 4.78 is 1.93. The standard InChI is InChI=1S/C15H19N3O/c1-11-13-4-2-3-5-14(13)18(17-11)9-8-15(19)16-10-12-6-7-12/h2-5,12H,6-10H2,1H3,(H,16,19). The summed E-state index contributed by atoms with van der Waals surface area (Å²) in [5, 5.41) is 8.66. The van der Waals surface area contributed by atoms with Crippen LogP contribution in [0.3, 0.4) is 0 Å². The van der Waals surface area contributed by atoms with E-state index in [0.29, 0.717) is 13.0 Å². The molecule has 0 aliphatic heterocycles. The molecule has 0 saturated heterocycles. The van der Waals surface area contributed by atoms with Gasteiger partial charge in [0.1, 0.15) is 0 Å². The fourth-order valence-corrected chi connectivity index (χ4v) is 2.34. The van der Waals surface area contributed by atoms with Gasteiger partial charge in [0.25, 0.3) is 0 Å². The molecular weight excluding hydrogens is 238 g/mol. The van der Waals surface area contributed by atoms with E-state index in [1.807, 2.05) is 23.7 Å². The Labute approximate surface area is 112 Å². The van der Waals surface area contributed by atoms with Crippen molar-refractivity contribution in [3.63, 3.8) is 0 Å². The van der Waals surface area contributed by atoms with E-state index in [0.717, 1.165) is 23.7 Å². The first-order chi connectivity index (χ1) is 9.24. The number of benzene rings is 1. The van der Waals surface area contributed by atoms with Crippen LogP contribution < -0.4 is 5.32 Å². The lowest BCUT2D eigenvalue weighted by Crippen LogP contribution is -2.26. The summed E-state index contributed by atoms with van der Waals surface area (Å²) in [6.07, 6.45) is 3.03. The fraction of sp³-hybridized carbons (Fsp3) is 0.467. The van der Waals surface area contributed by atoms with Crippen LogP contribution in [0.1, 0.15) is 25.0 Å². The van der Waals surface area contributed by atoms with Crippen LogP contribution in [0.2, 0.25) is 0 Å². The summed E-state index contributed by atoms with van der Waals surface area (Å²) in [5.41, 5.74) is 2.13. The summed E-state index contributed by atoms with van der Waals surface area (Å²) >= 11 is 0. The van der Waals surface area contributed by atoms with Crippen molar-refractivity contribution < 1.29 is 4.79 Å². The fourth-order valence-electron chi connectivity index (χ4n) is 2.34. The van der Waals surface area contributed by atoms with Crippen LogP contribution in [0.25, 0.3) is 10.9 Å². The van der Waals surface area contributed by atoms with E-state index in [1.54, 1.807) is 0 Å². The molecule has 1 amide bonds. The van der Waals surface area contributed by atoms with Crippen molar-refractivity contribution in [3.05, 3.63) is 30.0 Å². The predicted octanol–water partition coefficient (Wildman–Crippen LogP) is 2.26. The van der Waals surface area contributed by atoms with Gasteiger partial charge in [-0.3, -0.25) is 9.48 Å². The monoisotopic (exact) mass is 257 g/mol. The topological polar surface area (TPSA) is 46.9 Å². The molecule has 4 nitrogen and oxygen atoms in total. The summed E-state index contributed by atoms with van der Waals surface area (Å²) in [6, 6.07) is 8.15. The lowest BCUT2D eigenvalue weighted by molar-refractivity contribution is -0.121. The Morgan fingerprint density at radius 1 is 1.42 bits per heavy atom. The van der Waals surface area contributed by atoms with Crippen molar-refractivity contribution in [1.29, 1.82) is 0 Å². The lowest BCUT2D eigenvalue weighted by atomic mass is 10.2. The molecule has 0 unspecified atom stereocenters. The van der Waals surface area contributed by atoms with Gasteiger partial charge >= 0.3 is 0 Å². The highest BCUT2D eigenvalue weighted by molar-refractivity contribution is 5.82. The molecule has 0 bridgehead atoms. The Bertz CT molecular complexity index is 598. The minimum atomic E-state index is 0.129. The number of carbonyl (C=O) groups is 1. The number of carbonyl (C=O) groups excluding carboxylic acids is 1. The Morgan fingerprint density at radius 3 is 3.00 bits per heavy atom. The lowest BCUT2D eigenvalue weighted by Gasteiger charge is -2.05. The zero-order valence-electron chi connectivity index (χ0n) is 11.2. The average Bonchev–Trinajstić information content (AvgIpc) is 3.20. The second kappa shape index (κ2) is 5.03. The van der Waals surface area contributed by atoms with Crippen LogP contribution in [0, 0.1) is 12.8 Å². The molecule has 1 aliphatic carbocycles. The number of aryl methyl sites for hydroxylation is 2. The van der Waals surface area contributed by atoms with Crippen molar-refractivity contribution >= 4 is 16.8 Å². The number of hydrogen-bond acceptors (Lipinski definition) is 2. The van der Waals surface area contributed by atoms with E-state index in [9.17, 15) is 4.79 Å². The van der Waals surface area contributed by atoms with Gasteiger partial charge in [0, 0.05) is 18.4 Å². The maximum atomic E-state index is 11.7. The first-order valence-corrected chi connectivity index (χ1v) is 6.93. The highest BCUT2D eigenvalue weighted by atomic mass is 16.1. The number of nitrogens with zero attached hydrogens (tertiary/aromatic N) is 2. The van der Waals surface area contributed by atoms with Crippen molar-refractivity contribution in [2.24, 2.45) is 5.92 Å². The molecule has 1 saturated carbocycles. The first-order valence-electron chi connectivity index (χ1n) is 6.93. The van der Waals surface area contributed by atoms with Crippen molar-refractivity contribution in [3.8, 4) is 0 Å². The summed E-state index contributed by atoms with van der Waals surface area (Å²) in [7, 11) is 0. The van der Waals surface area contributed by atoms with Gasteiger partial charge in [-0.05, 0) is 31.7 Å². The van der Waals surface area contributed by atoms with Crippen LogP contribution in [0.5, 0.6) is 0 Å². The van der Waals surface area contributed by atoms with Gasteiger partial charge < -0.3 is 5.32 Å². The largest absolute Gasteiger partial charge is 0.356 e. The minimum absolute atomic E-state index is 0.129. The van der Waals surface area contributed by atoms with Crippen molar-refractivity contribution in [2.75, 3.05) is 6.54 Å². The number of aromatic nitrogens is 2. The van der Waals surface area contributed by atoms with Gasteiger partial charge in [-0.25, -0.2) is 0 Å². The summed E-state index contributed by atoms with van der Waals surface area (Å²) in [5.74, 6) is 0.862. The first kappa shape index (κ1) is 12.2. The van der Waals surface area contributed by atoms with E-state index in [1.165, 1.54) is 18.2 Å². The average molecular weight is 257 g/mol. The molecule has 0 spiro atoms. The molecule has 0 atom stereocenters. The molecule has 1 aliphatic rings. The molecular formula is C15H19N3O. The Morgan fingerprint density at radius 2 is 2.21 bits per heavy atom. The molecule has 1 heterocycles. The highest BCUT2D eigenvalue weighted by Gasteiger charge is 2.21. The van der Waals surface area contributed by atoms with Crippen LogP contribution in [0.4, 0.5) is 0 Å². The van der Waals surface area contributed by atoms with E-state index >= 15 is 0 Å². The van der Waals surface area contributed by atoms with Crippen molar-refractivity contribution in [1.82, 2.24) is 15.1 Å². The molecule has 1 aromatic carbocycles. The van der Waals surface area contributed by atoms with Gasteiger partial charge in [0.2, 0.25) is 5.91 Å². The minimum Gasteiger partial charge on any atom is -0.356 e. The molecule has 2 aromatic rings. The molecule has 0 radical (unpaired) electrons. The number of hydrogen-bond donors (Lipinski definition) is 1. The molecule has 1 aromatic heterocycles. The molecule has 1 fully saturated rings. The Balaban J connectivity index is 1.62. The van der Waals surface area contributed by atoms with E-state index < -0.39 is 0 Å². The SMILES string of the molecule is Cc1nn(CCC(=O)NCC2CC2)c2ccccc12. The quantitative estimate of drug-likeness (QED) is 0.893. The normalized spacial score (nSPS) is 14.8. The molecule has 3 rings (SSSR count). The number of para-hydroxylation sites is 1. The summed E-state index contributed by atoms with van der Waals surface area (Å²) in [6.45, 7) is 3.49. The number of rotatable bonds is 5. The molecule has 100 valence electrons. The van der Waals surface area contributed by atoms with Crippen LogP contribution in [0.15, 0.2) is 24.3 Å². The number of nitrogens with one attached hydrogen (secondary N) is 1. The third-order valence-electron chi connectivity index (χ3n) is 3.68. The Kier molecular flexibility index (Phi) is 3.23. The second-order valence-electron chi connectivity index (χ2n) is 5.32. The zero-order valence-corrected chi connectivity index (χ0v) is 11.2. The van der Waals surface area contributed by atoms with Crippen LogP contribution in [-0.2, 0) is 11.3 Å². The summed E-state index contributed by atoms with van der Waals surface area (Å²) in [4.78, 5) is 11.7. The van der Waals surface area contributed by atoms with Gasteiger partial charge in [-0.15, -0.1) is 0 Å². The van der Waals surface area contributed by atoms with Gasteiger partial charge in [0.05, 0.1) is 17.8 Å².